The van der Waals surface area contributed by atoms with Gasteiger partial charge < -0.3 is 5.32 Å². The Morgan fingerprint density at radius 2 is 1.76 bits per heavy atom. The number of anilines is 1. The second kappa shape index (κ2) is 7.47. The molecule has 0 radical (unpaired) electrons. The maximum atomic E-state index is 12.2. The third kappa shape index (κ3) is 4.53. The van der Waals surface area contributed by atoms with Crippen molar-refractivity contribution in [2.24, 2.45) is 0 Å². The lowest BCUT2D eigenvalue weighted by Crippen LogP contribution is -2.22. The van der Waals surface area contributed by atoms with Crippen LogP contribution in [-0.4, -0.2) is 25.1 Å². The van der Waals surface area contributed by atoms with E-state index in [9.17, 15) is 13.2 Å². The van der Waals surface area contributed by atoms with Crippen LogP contribution >= 0.6 is 27.3 Å². The quantitative estimate of drug-likeness (QED) is 0.655. The van der Waals surface area contributed by atoms with Crippen molar-refractivity contribution in [3.05, 3.63) is 64.5 Å². The lowest BCUT2D eigenvalue weighted by molar-refractivity contribution is -0.113. The summed E-state index contributed by atoms with van der Waals surface area (Å²) in [5.74, 6) is -1.23. The van der Waals surface area contributed by atoms with Gasteiger partial charge in [0.15, 0.2) is 15.0 Å². The van der Waals surface area contributed by atoms with Gasteiger partial charge in [0.25, 0.3) is 0 Å². The molecule has 0 aliphatic carbocycles. The molecule has 5 nitrogen and oxygen atoms in total. The normalized spacial score (nSPS) is 11.2. The molecule has 0 unspecified atom stereocenters. The Morgan fingerprint density at radius 1 is 1.08 bits per heavy atom. The van der Waals surface area contributed by atoms with Gasteiger partial charge >= 0.3 is 0 Å². The van der Waals surface area contributed by atoms with Crippen molar-refractivity contribution in [1.82, 2.24) is 4.98 Å². The van der Waals surface area contributed by atoms with Crippen LogP contribution in [-0.2, 0) is 14.6 Å². The number of aromatic nitrogens is 1. The number of nitrogens with zero attached hydrogens (tertiary/aromatic N) is 1. The van der Waals surface area contributed by atoms with Crippen LogP contribution in [0.1, 0.15) is 0 Å². The van der Waals surface area contributed by atoms with Gasteiger partial charge in [-0.3, -0.25) is 4.79 Å². The van der Waals surface area contributed by atoms with Crippen molar-refractivity contribution in [1.29, 1.82) is 0 Å². The van der Waals surface area contributed by atoms with Crippen molar-refractivity contribution < 1.29 is 13.2 Å². The number of hydrogen-bond donors (Lipinski definition) is 1. The van der Waals surface area contributed by atoms with Crippen molar-refractivity contribution >= 4 is 48.1 Å². The highest BCUT2D eigenvalue weighted by molar-refractivity contribution is 9.10. The van der Waals surface area contributed by atoms with E-state index in [0.29, 0.717) is 5.13 Å². The number of thiazole rings is 1. The number of rotatable bonds is 5. The minimum Gasteiger partial charge on any atom is -0.301 e. The molecule has 2 aromatic carbocycles. The molecule has 0 spiro atoms. The zero-order valence-corrected chi connectivity index (χ0v) is 16.1. The molecule has 0 fully saturated rings. The van der Waals surface area contributed by atoms with Gasteiger partial charge in [0.1, 0.15) is 5.75 Å². The molecule has 25 heavy (non-hydrogen) atoms. The molecular formula is C17H13BrN2O3S2. The van der Waals surface area contributed by atoms with Gasteiger partial charge in [-0.05, 0) is 24.3 Å². The van der Waals surface area contributed by atoms with Crippen LogP contribution in [0.3, 0.4) is 0 Å². The van der Waals surface area contributed by atoms with E-state index in [1.54, 1.807) is 18.2 Å². The number of sulfone groups is 1. The van der Waals surface area contributed by atoms with E-state index in [2.05, 4.69) is 26.2 Å². The first-order chi connectivity index (χ1) is 11.9. The number of carbonyl (C=O) groups excluding carboxylic acids is 1. The Bertz CT molecular complexity index is 984. The zero-order chi connectivity index (χ0) is 17.9. The van der Waals surface area contributed by atoms with E-state index < -0.39 is 21.5 Å². The summed E-state index contributed by atoms with van der Waals surface area (Å²) in [7, 11) is -3.67. The van der Waals surface area contributed by atoms with Crippen LogP contribution in [0.5, 0.6) is 0 Å². The van der Waals surface area contributed by atoms with E-state index in [-0.39, 0.29) is 4.90 Å². The Labute approximate surface area is 157 Å². The van der Waals surface area contributed by atoms with Gasteiger partial charge in [-0.15, -0.1) is 11.3 Å². The highest BCUT2D eigenvalue weighted by Crippen LogP contribution is 2.26. The number of hydrogen-bond acceptors (Lipinski definition) is 5. The number of nitrogens with one attached hydrogen (secondary N) is 1. The van der Waals surface area contributed by atoms with Gasteiger partial charge in [0, 0.05) is 15.4 Å². The van der Waals surface area contributed by atoms with Crippen LogP contribution in [0.15, 0.2) is 69.3 Å². The summed E-state index contributed by atoms with van der Waals surface area (Å²) in [5.41, 5.74) is 1.63. The summed E-state index contributed by atoms with van der Waals surface area (Å²) in [6.07, 6.45) is 0. The number of carbonyl (C=O) groups is 1. The molecular weight excluding hydrogens is 424 g/mol. The second-order valence-corrected chi connectivity index (χ2v) is 8.93. The first-order valence-electron chi connectivity index (χ1n) is 7.23. The highest BCUT2D eigenvalue weighted by Gasteiger charge is 2.20. The summed E-state index contributed by atoms with van der Waals surface area (Å²) in [4.78, 5) is 16.5. The van der Waals surface area contributed by atoms with Gasteiger partial charge in [-0.1, -0.05) is 46.3 Å². The van der Waals surface area contributed by atoms with Crippen molar-refractivity contribution in [2.45, 2.75) is 4.90 Å². The zero-order valence-electron chi connectivity index (χ0n) is 12.8. The van der Waals surface area contributed by atoms with Crippen molar-refractivity contribution in [2.75, 3.05) is 11.1 Å². The molecule has 0 atom stereocenters. The molecule has 1 aromatic heterocycles. The molecule has 1 heterocycles. The first kappa shape index (κ1) is 17.8. The molecule has 3 aromatic rings. The Kier molecular flexibility index (Phi) is 5.31. The van der Waals surface area contributed by atoms with E-state index in [4.69, 9.17) is 0 Å². The fourth-order valence-electron chi connectivity index (χ4n) is 2.12. The maximum absolute atomic E-state index is 12.2. The van der Waals surface area contributed by atoms with Gasteiger partial charge in [-0.25, -0.2) is 13.4 Å². The predicted molar refractivity (Wildman–Crippen MR) is 102 cm³/mol. The van der Waals surface area contributed by atoms with Gasteiger partial charge in [0.2, 0.25) is 5.91 Å². The average Bonchev–Trinajstić information content (AvgIpc) is 3.04. The third-order valence-corrected chi connectivity index (χ3v) is 6.23. The maximum Gasteiger partial charge on any atom is 0.241 e. The summed E-state index contributed by atoms with van der Waals surface area (Å²) in [5, 5.41) is 4.73. The molecule has 0 saturated heterocycles. The molecule has 8 heteroatoms. The van der Waals surface area contributed by atoms with Crippen LogP contribution in [0.25, 0.3) is 11.3 Å². The average molecular weight is 437 g/mol. The van der Waals surface area contributed by atoms with Crippen molar-refractivity contribution in [3.63, 3.8) is 0 Å². The van der Waals surface area contributed by atoms with Crippen LogP contribution in [0.4, 0.5) is 5.13 Å². The third-order valence-electron chi connectivity index (χ3n) is 3.31. The molecule has 0 saturated carbocycles. The van der Waals surface area contributed by atoms with Crippen molar-refractivity contribution in [3.8, 4) is 11.3 Å². The highest BCUT2D eigenvalue weighted by atomic mass is 79.9. The minimum atomic E-state index is -3.67. The Hall–Kier alpha value is -2.03. The molecule has 1 amide bonds. The molecule has 3 rings (SSSR count). The van der Waals surface area contributed by atoms with Crippen LogP contribution in [0.2, 0.25) is 0 Å². The fourth-order valence-corrected chi connectivity index (χ4v) is 4.28. The monoisotopic (exact) mass is 436 g/mol. The van der Waals surface area contributed by atoms with Crippen LogP contribution in [0, 0.1) is 0 Å². The van der Waals surface area contributed by atoms with E-state index in [1.165, 1.54) is 23.5 Å². The molecule has 0 aliphatic heterocycles. The molecule has 1 N–H and O–H groups in total. The standard InChI is InChI=1S/C17H13BrN2O3S2/c18-13-8-6-12(7-9-13)15-10-24-17(19-15)20-16(21)11-25(22,23)14-4-2-1-3-5-14/h1-10H,11H2,(H,19,20,21). The van der Waals surface area contributed by atoms with Crippen LogP contribution < -0.4 is 5.32 Å². The predicted octanol–water partition coefficient (Wildman–Crippen LogP) is 3.99. The SMILES string of the molecule is O=C(CS(=O)(=O)c1ccccc1)Nc1nc(-c2ccc(Br)cc2)cs1. The Balaban J connectivity index is 1.69. The second-order valence-electron chi connectivity index (χ2n) is 5.17. The minimum absolute atomic E-state index is 0.125. The van der Waals surface area contributed by atoms with E-state index in [1.807, 2.05) is 29.6 Å². The summed E-state index contributed by atoms with van der Waals surface area (Å²) in [6.45, 7) is 0. The smallest absolute Gasteiger partial charge is 0.241 e. The molecule has 0 bridgehead atoms. The van der Waals surface area contributed by atoms with E-state index >= 15 is 0 Å². The fraction of sp³-hybridized carbons (Fsp3) is 0.0588. The topological polar surface area (TPSA) is 76.1 Å². The molecule has 0 aliphatic rings. The number of benzene rings is 2. The number of amides is 1. The number of halogens is 1. The van der Waals surface area contributed by atoms with Gasteiger partial charge in [-0.2, -0.15) is 0 Å². The summed E-state index contributed by atoms with van der Waals surface area (Å²) < 4.78 is 25.4. The van der Waals surface area contributed by atoms with E-state index in [0.717, 1.165) is 15.7 Å². The lowest BCUT2D eigenvalue weighted by Gasteiger charge is -2.04. The lowest BCUT2D eigenvalue weighted by atomic mass is 10.2. The first-order valence-corrected chi connectivity index (χ1v) is 10.6. The molecule has 128 valence electrons. The van der Waals surface area contributed by atoms with Gasteiger partial charge in [0.05, 0.1) is 10.6 Å². The largest absolute Gasteiger partial charge is 0.301 e. The Morgan fingerprint density at radius 3 is 2.44 bits per heavy atom. The summed E-state index contributed by atoms with van der Waals surface area (Å²) in [6, 6.07) is 15.5. The summed E-state index contributed by atoms with van der Waals surface area (Å²) >= 11 is 4.62.